The zero-order chi connectivity index (χ0) is 35.4. The topological polar surface area (TPSA) is 0 Å². The van der Waals surface area contributed by atoms with Gasteiger partial charge in [-0.2, -0.15) is 74.5 Å². The van der Waals surface area contributed by atoms with Crippen LogP contribution in [0.4, 0.5) is 52.7 Å². The minimum Gasteiger partial charge on any atom is -0.195 e. The molecule has 0 aliphatic heterocycles. The highest BCUT2D eigenvalue weighted by molar-refractivity contribution is 7.19. The van der Waals surface area contributed by atoms with Crippen molar-refractivity contribution in [2.75, 3.05) is 0 Å². The highest BCUT2D eigenvalue weighted by atomic mass is 19.4. The first kappa shape index (κ1) is 36.0. The van der Waals surface area contributed by atoms with Gasteiger partial charge in [0.2, 0.25) is 0 Å². The summed E-state index contributed by atoms with van der Waals surface area (Å²) < 4.78 is 165. The fraction of sp³-hybridized carbons (Fsp3) is 0.114. The van der Waals surface area contributed by atoms with Crippen LogP contribution in [0.15, 0.2) is 140 Å². The lowest BCUT2D eigenvalue weighted by Crippen LogP contribution is -2.75. The Balaban J connectivity index is 0.000000659. The van der Waals surface area contributed by atoms with Gasteiger partial charge in [-0.3, -0.25) is 0 Å². The molecule has 0 aromatic heterocycles. The Labute approximate surface area is 267 Å². The number of hydrogen-bond donors (Lipinski definition) is 0. The maximum Gasteiger partial charge on any atom is 0.416 e. The molecule has 0 bridgehead atoms. The van der Waals surface area contributed by atoms with Crippen molar-refractivity contribution >= 4 is 28.0 Å². The van der Waals surface area contributed by atoms with Crippen LogP contribution >= 0.6 is 0 Å². The van der Waals surface area contributed by atoms with Crippen LogP contribution < -0.4 is 21.9 Å². The summed E-state index contributed by atoms with van der Waals surface area (Å²) in [5, 5.41) is 0. The van der Waals surface area contributed by atoms with Gasteiger partial charge in [0, 0.05) is 42.5 Å². The van der Waals surface area contributed by atoms with Crippen molar-refractivity contribution in [3.8, 4) is 0 Å². The van der Waals surface area contributed by atoms with Gasteiger partial charge in [0.05, 0.1) is 22.3 Å². The zero-order valence-electron chi connectivity index (χ0n) is 24.4. The lowest BCUT2D eigenvalue weighted by Gasteiger charge is -2.45. The van der Waals surface area contributed by atoms with Crippen LogP contribution in [-0.2, 0) is 24.7 Å². The molecule has 5 aromatic rings. The van der Waals surface area contributed by atoms with Crippen LogP contribution in [0.25, 0.3) is 0 Å². The first-order chi connectivity index (χ1) is 22.3. The van der Waals surface area contributed by atoms with E-state index in [1.807, 2.05) is 42.5 Å². The third-order valence-electron chi connectivity index (χ3n) is 7.63. The van der Waals surface area contributed by atoms with Gasteiger partial charge in [-0.05, 0) is 0 Å². The standard InChI is InChI=1S/C28H16BF12.C7H7/c30-25(31,32)17-5-1-9-21(13-17)29(22-10-2-6-18(14-22)26(33,34)35,23-11-3-7-19(15-23)27(36,37)38)24-12-4-8-20(16-24)28(39,40)41;1-2-4-6-7-5-3-1/h1-16H;1-7H/q-1;+1. The van der Waals surface area contributed by atoms with Crippen molar-refractivity contribution in [3.63, 3.8) is 0 Å². The molecule has 0 N–H and O–H groups in total. The molecular formula is C35H23BF12. The molecule has 0 radical (unpaired) electrons. The minimum absolute atomic E-state index is 0.446. The molecule has 0 aliphatic carbocycles. The summed E-state index contributed by atoms with van der Waals surface area (Å²) in [6.07, 6.45) is -23.5. The summed E-state index contributed by atoms with van der Waals surface area (Å²) >= 11 is 0. The molecule has 0 aliphatic rings. The van der Waals surface area contributed by atoms with Crippen molar-refractivity contribution in [3.05, 3.63) is 162 Å². The van der Waals surface area contributed by atoms with Gasteiger partial charge in [-0.25, -0.2) is 0 Å². The third-order valence-corrected chi connectivity index (χ3v) is 7.63. The van der Waals surface area contributed by atoms with Gasteiger partial charge in [-0.1, -0.05) is 97.1 Å². The van der Waals surface area contributed by atoms with Crippen molar-refractivity contribution in [1.29, 1.82) is 0 Å². The molecule has 13 heteroatoms. The van der Waals surface area contributed by atoms with Crippen LogP contribution in [0.2, 0.25) is 0 Å². The first-order valence-corrected chi connectivity index (χ1v) is 14.0. The van der Waals surface area contributed by atoms with Gasteiger partial charge < -0.3 is 0 Å². The molecule has 5 rings (SSSR count). The van der Waals surface area contributed by atoms with Crippen LogP contribution in [0, 0.1) is 0 Å². The number of rotatable bonds is 4. The van der Waals surface area contributed by atoms with Crippen molar-refractivity contribution in [1.82, 2.24) is 0 Å². The smallest absolute Gasteiger partial charge is 0.195 e. The number of halogens is 12. The van der Waals surface area contributed by atoms with E-state index in [0.717, 1.165) is 48.5 Å². The average molecular weight is 682 g/mol. The second-order valence-electron chi connectivity index (χ2n) is 10.7. The van der Waals surface area contributed by atoms with Crippen molar-refractivity contribution in [2.45, 2.75) is 24.7 Å². The molecule has 0 fully saturated rings. The molecule has 0 atom stereocenters. The average Bonchev–Trinajstić information content (AvgIpc) is 3.35. The van der Waals surface area contributed by atoms with Crippen molar-refractivity contribution in [2.24, 2.45) is 0 Å². The van der Waals surface area contributed by atoms with E-state index in [1.165, 1.54) is 0 Å². The predicted octanol–water partition coefficient (Wildman–Crippen LogP) is 9.11. The van der Waals surface area contributed by atoms with E-state index in [1.54, 1.807) is 0 Å². The molecule has 48 heavy (non-hydrogen) atoms. The lowest BCUT2D eigenvalue weighted by molar-refractivity contribution is -0.138. The van der Waals surface area contributed by atoms with Crippen LogP contribution in [-0.4, -0.2) is 6.15 Å². The Morgan fingerprint density at radius 3 is 0.812 bits per heavy atom. The van der Waals surface area contributed by atoms with E-state index in [9.17, 15) is 52.7 Å². The monoisotopic (exact) mass is 682 g/mol. The highest BCUT2D eigenvalue weighted by Crippen LogP contribution is 2.33. The molecule has 0 saturated carbocycles. The maximum atomic E-state index is 13.8. The lowest BCUT2D eigenvalue weighted by atomic mass is 9.13. The van der Waals surface area contributed by atoms with Crippen LogP contribution in [0.1, 0.15) is 22.3 Å². The Hall–Kier alpha value is -4.81. The molecule has 0 spiro atoms. The summed E-state index contributed by atoms with van der Waals surface area (Å²) in [6.45, 7) is 0. The van der Waals surface area contributed by atoms with E-state index in [2.05, 4.69) is 0 Å². The van der Waals surface area contributed by atoms with E-state index in [-0.39, 0.29) is 0 Å². The minimum atomic E-state index is -4.99. The maximum absolute atomic E-state index is 13.8. The van der Waals surface area contributed by atoms with E-state index >= 15 is 0 Å². The van der Waals surface area contributed by atoms with E-state index in [0.29, 0.717) is 48.5 Å². The molecule has 0 unspecified atom stereocenters. The van der Waals surface area contributed by atoms with Crippen molar-refractivity contribution < 1.29 is 52.7 Å². The summed E-state index contributed by atoms with van der Waals surface area (Å²) in [5.41, 5.74) is -6.98. The molecule has 0 amide bonds. The molecule has 5 aromatic carbocycles. The predicted molar refractivity (Wildman–Crippen MR) is 161 cm³/mol. The van der Waals surface area contributed by atoms with E-state index < -0.39 is 75.0 Å². The normalized spacial score (nSPS) is 12.6. The first-order valence-electron chi connectivity index (χ1n) is 14.0. The Morgan fingerprint density at radius 1 is 0.333 bits per heavy atom. The quantitative estimate of drug-likeness (QED) is 0.101. The van der Waals surface area contributed by atoms with E-state index in [4.69, 9.17) is 0 Å². The van der Waals surface area contributed by atoms with Gasteiger partial charge in [0.1, 0.15) is 6.15 Å². The summed E-state index contributed by atoms with van der Waals surface area (Å²) in [4.78, 5) is 0. The Morgan fingerprint density at radius 2 is 0.583 bits per heavy atom. The summed E-state index contributed by atoms with van der Waals surface area (Å²) in [5.74, 6) is 0. The highest BCUT2D eigenvalue weighted by Gasteiger charge is 2.40. The fourth-order valence-corrected chi connectivity index (χ4v) is 5.54. The molecule has 0 nitrogen and oxygen atoms in total. The zero-order valence-corrected chi connectivity index (χ0v) is 24.4. The number of alkyl halides is 12. The molecule has 0 saturated heterocycles. The second kappa shape index (κ2) is 13.7. The molecular weight excluding hydrogens is 659 g/mol. The fourth-order valence-electron chi connectivity index (χ4n) is 5.54. The third kappa shape index (κ3) is 8.18. The van der Waals surface area contributed by atoms with Crippen LogP contribution in [0.3, 0.4) is 0 Å². The SMILES string of the molecule is FC(F)(F)c1cccc([B-](c2cccc(C(F)(F)F)c2)(c2cccc(C(F)(F)F)c2)c2cccc(C(F)(F)F)c2)c1.c1ccc[cH+]cc1. The molecule has 250 valence electrons. The number of benzene rings is 4. The van der Waals surface area contributed by atoms with Crippen LogP contribution in [0.5, 0.6) is 0 Å². The Kier molecular flexibility index (Phi) is 10.3. The number of hydrogen-bond acceptors (Lipinski definition) is 0. The summed E-state index contributed by atoms with van der Waals surface area (Å²) in [7, 11) is 0. The second-order valence-corrected chi connectivity index (χ2v) is 10.7. The van der Waals surface area contributed by atoms with Gasteiger partial charge >= 0.3 is 24.7 Å². The summed E-state index contributed by atoms with van der Waals surface area (Å²) in [6, 6.07) is 26.4. The van der Waals surface area contributed by atoms with Gasteiger partial charge in [0.25, 0.3) is 0 Å². The molecule has 0 heterocycles. The largest absolute Gasteiger partial charge is 0.416 e. The van der Waals surface area contributed by atoms with Gasteiger partial charge in [0.15, 0.2) is 0 Å². The Bertz CT molecular complexity index is 1560. The van der Waals surface area contributed by atoms with Gasteiger partial charge in [-0.15, -0.1) is 0 Å².